The van der Waals surface area contributed by atoms with Gasteiger partial charge in [-0.1, -0.05) is 5.21 Å². The van der Waals surface area contributed by atoms with Gasteiger partial charge in [-0.25, -0.2) is 13.3 Å². The molecule has 1 aromatic carbocycles. The van der Waals surface area contributed by atoms with Gasteiger partial charge in [-0.15, -0.1) is 10.2 Å². The molecule has 1 atom stereocenters. The molecular formula is C24H24F2N8O. The average molecular weight is 479 g/mol. The first kappa shape index (κ1) is 21.6. The molecule has 4 aromatic rings. The zero-order valence-electron chi connectivity index (χ0n) is 18.9. The van der Waals surface area contributed by atoms with Gasteiger partial charge >= 0.3 is 0 Å². The van der Waals surface area contributed by atoms with Crippen molar-refractivity contribution in [2.45, 2.75) is 37.6 Å². The number of benzene rings is 1. The number of hydrogen-bond donors (Lipinski definition) is 1. The molecule has 2 fully saturated rings. The SMILES string of the molecule is O=C(c1cnn2ccc(N3CCC[C@@H]3c3cc(F)ccc3F)cc12)N1CCC(c2nn[nH]n2)CC1. The number of carbonyl (C=O) groups is 1. The Morgan fingerprint density at radius 2 is 1.91 bits per heavy atom. The second-order valence-electron chi connectivity index (χ2n) is 9.13. The largest absolute Gasteiger partial charge is 0.364 e. The molecule has 3 aromatic heterocycles. The summed E-state index contributed by atoms with van der Waals surface area (Å²) in [6.45, 7) is 1.92. The van der Waals surface area contributed by atoms with Crippen LogP contribution in [0.15, 0.2) is 42.7 Å². The highest BCUT2D eigenvalue weighted by Gasteiger charge is 2.31. The summed E-state index contributed by atoms with van der Waals surface area (Å²) in [7, 11) is 0. The molecule has 2 aliphatic heterocycles. The molecule has 1 N–H and O–H groups in total. The van der Waals surface area contributed by atoms with E-state index in [-0.39, 0.29) is 17.9 Å². The van der Waals surface area contributed by atoms with Gasteiger partial charge < -0.3 is 9.80 Å². The zero-order chi connectivity index (χ0) is 23.9. The van der Waals surface area contributed by atoms with Crippen molar-refractivity contribution >= 4 is 17.1 Å². The Kier molecular flexibility index (Phi) is 5.39. The smallest absolute Gasteiger partial charge is 0.257 e. The molecule has 2 saturated heterocycles. The van der Waals surface area contributed by atoms with E-state index in [1.54, 1.807) is 16.9 Å². The van der Waals surface area contributed by atoms with Gasteiger partial charge in [0.15, 0.2) is 5.82 Å². The van der Waals surface area contributed by atoms with Crippen LogP contribution < -0.4 is 4.90 Å². The van der Waals surface area contributed by atoms with Gasteiger partial charge in [0.2, 0.25) is 0 Å². The fourth-order valence-corrected chi connectivity index (χ4v) is 5.34. The van der Waals surface area contributed by atoms with Crippen molar-refractivity contribution in [2.24, 2.45) is 0 Å². The third-order valence-electron chi connectivity index (χ3n) is 7.15. The van der Waals surface area contributed by atoms with Crippen molar-refractivity contribution in [2.75, 3.05) is 24.5 Å². The molecule has 2 aliphatic rings. The van der Waals surface area contributed by atoms with Crippen LogP contribution in [0.4, 0.5) is 14.5 Å². The fourth-order valence-electron chi connectivity index (χ4n) is 5.34. The lowest BCUT2D eigenvalue weighted by Crippen LogP contribution is -2.38. The molecule has 1 amide bonds. The van der Waals surface area contributed by atoms with Gasteiger partial charge in [0.05, 0.1) is 23.3 Å². The molecule has 6 rings (SSSR count). The van der Waals surface area contributed by atoms with Crippen LogP contribution in [0.2, 0.25) is 0 Å². The maximum Gasteiger partial charge on any atom is 0.257 e. The fraction of sp³-hybridized carbons (Fsp3) is 0.375. The van der Waals surface area contributed by atoms with E-state index in [1.165, 1.54) is 12.1 Å². The summed E-state index contributed by atoms with van der Waals surface area (Å²) in [6.07, 6.45) is 6.54. The highest BCUT2D eigenvalue weighted by Crippen LogP contribution is 2.38. The van der Waals surface area contributed by atoms with E-state index in [0.29, 0.717) is 35.6 Å². The molecule has 0 unspecified atom stereocenters. The van der Waals surface area contributed by atoms with Crippen LogP contribution in [0.5, 0.6) is 0 Å². The molecule has 0 bridgehead atoms. The van der Waals surface area contributed by atoms with E-state index < -0.39 is 11.6 Å². The van der Waals surface area contributed by atoms with Crippen molar-refractivity contribution in [1.82, 2.24) is 35.1 Å². The first-order valence-corrected chi connectivity index (χ1v) is 11.8. The lowest BCUT2D eigenvalue weighted by molar-refractivity contribution is 0.0713. The lowest BCUT2D eigenvalue weighted by atomic mass is 9.96. The Hall–Kier alpha value is -3.89. The summed E-state index contributed by atoms with van der Waals surface area (Å²) in [6, 6.07) is 7.16. The van der Waals surface area contributed by atoms with E-state index in [2.05, 4.69) is 30.6 Å². The number of halogens is 2. The standard InChI is InChI=1S/C24H24F2N8O/c25-16-3-4-20(26)18(12-16)21-2-1-8-33(21)17-7-11-34-22(13-17)19(14-27-34)24(35)32-9-5-15(6-10-32)23-28-30-31-29-23/h3-4,7,11-15,21H,1-2,5-6,8-10H2,(H,28,29,30,31)/t21-/m1/s1. The number of pyridine rings is 1. The van der Waals surface area contributed by atoms with Crippen molar-refractivity contribution in [3.05, 3.63) is 71.3 Å². The number of aromatic nitrogens is 6. The minimum atomic E-state index is -0.449. The summed E-state index contributed by atoms with van der Waals surface area (Å²) in [5.41, 5.74) is 2.43. The molecular weight excluding hydrogens is 454 g/mol. The number of piperidine rings is 1. The average Bonchev–Trinajstić information content (AvgIpc) is 3.65. The van der Waals surface area contributed by atoms with Crippen molar-refractivity contribution in [1.29, 1.82) is 0 Å². The van der Waals surface area contributed by atoms with Gasteiger partial charge in [-0.05, 0) is 56.0 Å². The van der Waals surface area contributed by atoms with Crippen molar-refractivity contribution in [3.63, 3.8) is 0 Å². The number of nitrogens with zero attached hydrogens (tertiary/aromatic N) is 7. The van der Waals surface area contributed by atoms with E-state index in [1.807, 2.05) is 17.0 Å². The van der Waals surface area contributed by atoms with Crippen LogP contribution in [-0.4, -0.2) is 60.7 Å². The quantitative estimate of drug-likeness (QED) is 0.483. The van der Waals surface area contributed by atoms with E-state index in [4.69, 9.17) is 0 Å². The van der Waals surface area contributed by atoms with Crippen LogP contribution in [0, 0.1) is 11.6 Å². The maximum atomic E-state index is 14.5. The van der Waals surface area contributed by atoms with E-state index >= 15 is 0 Å². The number of anilines is 1. The second-order valence-corrected chi connectivity index (χ2v) is 9.13. The molecule has 5 heterocycles. The Balaban J connectivity index is 1.25. The van der Waals surface area contributed by atoms with E-state index in [9.17, 15) is 13.6 Å². The molecule has 180 valence electrons. The summed E-state index contributed by atoms with van der Waals surface area (Å²) in [5.74, 6) is -0.0570. The van der Waals surface area contributed by atoms with Crippen LogP contribution in [0.3, 0.4) is 0 Å². The highest BCUT2D eigenvalue weighted by atomic mass is 19.1. The number of amides is 1. The van der Waals surface area contributed by atoms with Crippen LogP contribution in [0.1, 0.15) is 59.4 Å². The van der Waals surface area contributed by atoms with Gasteiger partial charge in [-0.3, -0.25) is 4.79 Å². The zero-order valence-corrected chi connectivity index (χ0v) is 18.9. The molecule has 0 aliphatic carbocycles. The maximum absolute atomic E-state index is 14.5. The number of H-pyrrole nitrogens is 1. The van der Waals surface area contributed by atoms with Crippen LogP contribution >= 0.6 is 0 Å². The summed E-state index contributed by atoms with van der Waals surface area (Å²) in [5, 5.41) is 18.6. The number of fused-ring (bicyclic) bond motifs is 1. The molecule has 0 saturated carbocycles. The van der Waals surface area contributed by atoms with Crippen molar-refractivity contribution in [3.8, 4) is 0 Å². The Labute approximate surface area is 199 Å². The predicted molar refractivity (Wildman–Crippen MR) is 123 cm³/mol. The normalized spacial score (nSPS) is 19.1. The number of aromatic amines is 1. The first-order valence-electron chi connectivity index (χ1n) is 11.8. The summed E-state index contributed by atoms with van der Waals surface area (Å²) >= 11 is 0. The topological polar surface area (TPSA) is 95.3 Å². The van der Waals surface area contributed by atoms with Crippen molar-refractivity contribution < 1.29 is 13.6 Å². The summed E-state index contributed by atoms with van der Waals surface area (Å²) in [4.78, 5) is 17.3. The number of likely N-dealkylation sites (tertiary alicyclic amines) is 1. The monoisotopic (exact) mass is 478 g/mol. The minimum Gasteiger partial charge on any atom is -0.364 e. The minimum absolute atomic E-state index is 0.0714. The molecule has 11 heteroatoms. The second kappa shape index (κ2) is 8.71. The molecule has 9 nitrogen and oxygen atoms in total. The third kappa shape index (κ3) is 3.90. The van der Waals surface area contributed by atoms with E-state index in [0.717, 1.165) is 44.0 Å². The Morgan fingerprint density at radius 3 is 2.71 bits per heavy atom. The highest BCUT2D eigenvalue weighted by molar-refractivity contribution is 6.01. The molecule has 0 spiro atoms. The molecule has 35 heavy (non-hydrogen) atoms. The van der Waals surface area contributed by atoms with Gasteiger partial charge in [0, 0.05) is 43.0 Å². The first-order chi connectivity index (χ1) is 17.1. The summed E-state index contributed by atoms with van der Waals surface area (Å²) < 4.78 is 30.1. The number of carbonyl (C=O) groups excluding carboxylic acids is 1. The lowest BCUT2D eigenvalue weighted by Gasteiger charge is -2.30. The van der Waals surface area contributed by atoms with Gasteiger partial charge in [-0.2, -0.15) is 10.3 Å². The predicted octanol–water partition coefficient (Wildman–Crippen LogP) is 3.49. The Morgan fingerprint density at radius 1 is 1.06 bits per heavy atom. The number of rotatable bonds is 4. The Bertz CT molecular complexity index is 1360. The third-order valence-corrected chi connectivity index (χ3v) is 7.15. The van der Waals surface area contributed by atoms with Crippen LogP contribution in [0.25, 0.3) is 5.52 Å². The number of hydrogen-bond acceptors (Lipinski definition) is 6. The molecule has 0 radical (unpaired) electrons. The van der Waals surface area contributed by atoms with Crippen LogP contribution in [-0.2, 0) is 0 Å². The number of tetrazole rings is 1. The van der Waals surface area contributed by atoms with Gasteiger partial charge in [0.25, 0.3) is 5.91 Å². The number of nitrogens with one attached hydrogen (secondary N) is 1. The van der Waals surface area contributed by atoms with Gasteiger partial charge in [0.1, 0.15) is 11.6 Å².